The van der Waals surface area contributed by atoms with Gasteiger partial charge in [0.25, 0.3) is 6.71 Å². The molecule has 5 nitrogen and oxygen atoms in total. The van der Waals surface area contributed by atoms with Gasteiger partial charge in [0.05, 0.1) is 51.4 Å². The highest BCUT2D eigenvalue weighted by Gasteiger charge is 2.44. The molecule has 0 radical (unpaired) electrons. The highest BCUT2D eigenvalue weighted by Crippen LogP contribution is 2.51. The molecule has 498 valence electrons. The maximum absolute atomic E-state index is 5.55. The van der Waals surface area contributed by atoms with Crippen molar-refractivity contribution in [3.63, 3.8) is 0 Å². The summed E-state index contributed by atoms with van der Waals surface area (Å²) >= 11 is 0. The summed E-state index contributed by atoms with van der Waals surface area (Å²) in [5, 5.41) is 15.2. The fourth-order valence-electron chi connectivity index (χ4n) is 17.5. The standard InChI is InChI=1S/C95H90BN5/c1-90(2,3)56-30-37-62(38-31-56)98-79-44-36-61(95(16,17)18)52-74(79)96-73-29-23-28-68-87-80(45-39-67-65-26-20-19-24-63(65)64-25-21-22-27-66(64)86(67)87)101(89(68)73)82-47-55(46-81(98)88(82)96)85-83(99-75-40-32-57(91(4,5)6)48-69(75)70-49-58(92(7,8)9)33-41-76(70)99)53-97-54-84(85)100-77-42-34-59(93(10,11)12)50-71(77)72-51-60(94(13,14)15)35-43-78(72)100/h19-54H,1-18H3. The molecule has 0 spiro atoms. The topological polar surface area (TPSA) is 30.9 Å². The van der Waals surface area contributed by atoms with Crippen molar-refractivity contribution in [1.82, 2.24) is 18.7 Å². The third kappa shape index (κ3) is 9.38. The van der Waals surface area contributed by atoms with Gasteiger partial charge in [0.2, 0.25) is 0 Å². The Morgan fingerprint density at radius 3 is 1.15 bits per heavy atom. The lowest BCUT2D eigenvalue weighted by atomic mass is 9.33. The molecule has 0 amide bonds. The number of pyridine rings is 1. The lowest BCUT2D eigenvalue weighted by molar-refractivity contribution is 0.590. The van der Waals surface area contributed by atoms with Crippen LogP contribution in [-0.2, 0) is 32.5 Å². The second kappa shape index (κ2) is 21.2. The fourth-order valence-corrected chi connectivity index (χ4v) is 17.5. The average Bonchev–Trinajstić information content (AvgIpc) is 1.57. The molecule has 16 aromatic rings. The summed E-state index contributed by atoms with van der Waals surface area (Å²) in [6, 6.07) is 81.4. The van der Waals surface area contributed by atoms with Crippen molar-refractivity contribution in [1.29, 1.82) is 0 Å². The molecular formula is C95H90BN5. The summed E-state index contributed by atoms with van der Waals surface area (Å²) < 4.78 is 7.84. The van der Waals surface area contributed by atoms with Crippen molar-refractivity contribution in [2.75, 3.05) is 4.90 Å². The van der Waals surface area contributed by atoms with Gasteiger partial charge >= 0.3 is 0 Å². The fraction of sp³-hybridized carbons (Fsp3) is 0.253. The van der Waals surface area contributed by atoms with Crippen molar-refractivity contribution in [2.45, 2.75) is 157 Å². The molecule has 6 heterocycles. The molecule has 0 N–H and O–H groups in total. The van der Waals surface area contributed by atoms with Crippen LogP contribution in [0.25, 0.3) is 126 Å². The Morgan fingerprint density at radius 1 is 0.277 bits per heavy atom. The smallest absolute Gasteiger partial charge is 0.252 e. The van der Waals surface area contributed by atoms with Crippen molar-refractivity contribution in [3.8, 4) is 28.2 Å². The molecule has 0 saturated heterocycles. The van der Waals surface area contributed by atoms with E-state index in [-0.39, 0.29) is 39.2 Å². The first-order chi connectivity index (χ1) is 47.9. The van der Waals surface area contributed by atoms with E-state index in [2.05, 4.69) is 362 Å². The summed E-state index contributed by atoms with van der Waals surface area (Å²) in [6.45, 7) is 42.0. The number of para-hydroxylation sites is 1. The average molecular weight is 1310 g/mol. The number of hydrogen-bond acceptors (Lipinski definition) is 2. The zero-order chi connectivity index (χ0) is 70.3. The molecular weight excluding hydrogens is 1220 g/mol. The Labute approximate surface area is 595 Å². The first-order valence-corrected chi connectivity index (χ1v) is 36.6. The number of anilines is 3. The number of hydrogen-bond donors (Lipinski definition) is 0. The van der Waals surface area contributed by atoms with Crippen LogP contribution >= 0.6 is 0 Å². The van der Waals surface area contributed by atoms with Gasteiger partial charge in [-0.1, -0.05) is 246 Å². The largest absolute Gasteiger partial charge is 0.311 e. The first kappa shape index (κ1) is 63.0. The summed E-state index contributed by atoms with van der Waals surface area (Å²) in [5.74, 6) is 0. The van der Waals surface area contributed by atoms with Gasteiger partial charge < -0.3 is 18.6 Å². The maximum Gasteiger partial charge on any atom is 0.252 e. The van der Waals surface area contributed by atoms with E-state index < -0.39 is 0 Å². The number of aromatic nitrogens is 4. The maximum atomic E-state index is 5.55. The molecule has 2 aliphatic rings. The predicted molar refractivity (Wildman–Crippen MR) is 437 cm³/mol. The normalized spacial score (nSPS) is 13.8. The van der Waals surface area contributed by atoms with E-state index >= 15 is 0 Å². The third-order valence-electron chi connectivity index (χ3n) is 23.0. The van der Waals surface area contributed by atoms with Crippen LogP contribution in [0.3, 0.4) is 0 Å². The molecule has 0 saturated carbocycles. The highest BCUT2D eigenvalue weighted by molar-refractivity contribution is 7.00. The van der Waals surface area contributed by atoms with Gasteiger partial charge in [0.1, 0.15) is 0 Å². The summed E-state index contributed by atoms with van der Waals surface area (Å²) in [5.41, 5.74) is 27.2. The van der Waals surface area contributed by atoms with Crippen molar-refractivity contribution in [2.24, 2.45) is 0 Å². The molecule has 6 heteroatoms. The van der Waals surface area contributed by atoms with Crippen LogP contribution < -0.4 is 21.3 Å². The Morgan fingerprint density at radius 2 is 0.673 bits per heavy atom. The van der Waals surface area contributed by atoms with Crippen molar-refractivity contribution in [3.05, 3.63) is 252 Å². The summed E-state index contributed by atoms with van der Waals surface area (Å²) in [6.07, 6.45) is 4.35. The van der Waals surface area contributed by atoms with Crippen LogP contribution in [0.4, 0.5) is 17.1 Å². The van der Waals surface area contributed by atoms with Gasteiger partial charge in [-0.25, -0.2) is 0 Å². The van der Waals surface area contributed by atoms with Crippen LogP contribution in [-0.4, -0.2) is 25.4 Å². The highest BCUT2D eigenvalue weighted by atomic mass is 15.2. The zero-order valence-electron chi connectivity index (χ0n) is 62.1. The van der Waals surface area contributed by atoms with Crippen molar-refractivity contribution >= 4 is 138 Å². The third-order valence-corrected chi connectivity index (χ3v) is 23.0. The summed E-state index contributed by atoms with van der Waals surface area (Å²) in [4.78, 5) is 8.18. The van der Waals surface area contributed by atoms with Crippen LogP contribution in [0.1, 0.15) is 158 Å². The second-order valence-corrected chi connectivity index (χ2v) is 35.7. The Bertz CT molecular complexity index is 5910. The second-order valence-electron chi connectivity index (χ2n) is 35.7. The van der Waals surface area contributed by atoms with E-state index in [1.165, 1.54) is 137 Å². The lowest BCUT2D eigenvalue weighted by Gasteiger charge is -2.41. The van der Waals surface area contributed by atoms with Crippen LogP contribution in [0, 0.1) is 0 Å². The number of benzene rings is 12. The van der Waals surface area contributed by atoms with Gasteiger partial charge in [-0.15, -0.1) is 0 Å². The van der Waals surface area contributed by atoms with Gasteiger partial charge in [0, 0.05) is 71.5 Å². The molecule has 0 atom stereocenters. The first-order valence-electron chi connectivity index (χ1n) is 36.6. The van der Waals surface area contributed by atoms with E-state index in [9.17, 15) is 0 Å². The molecule has 0 unspecified atom stereocenters. The zero-order valence-corrected chi connectivity index (χ0v) is 62.1. The SMILES string of the molecule is CC(C)(C)c1ccc(N2c3ccc(C(C)(C)C)cc3B3c4c2cc(-c2c(-n5c6ccc(C(C)(C)C)cc6c6cc(C(C)(C)C)ccc65)cncc2-n2c5ccc(C(C)(C)C)cc5c5cc(C(C)(C)C)ccc52)cc4-n2c4ccc5c6ccccc6c6ccccc6c5c4c4cccc3c42)cc1. The molecule has 4 aromatic heterocycles. The Balaban J connectivity index is 1.05. The van der Waals surface area contributed by atoms with Crippen molar-refractivity contribution < 1.29 is 0 Å². The monoisotopic (exact) mass is 1310 g/mol. The van der Waals surface area contributed by atoms with Crippen LogP contribution in [0.15, 0.2) is 219 Å². The van der Waals surface area contributed by atoms with E-state index in [0.717, 1.165) is 55.9 Å². The van der Waals surface area contributed by atoms with E-state index in [0.29, 0.717) is 0 Å². The molecule has 18 rings (SSSR count). The van der Waals surface area contributed by atoms with Crippen LogP contribution in [0.5, 0.6) is 0 Å². The van der Waals surface area contributed by atoms with Gasteiger partial charge in [0.15, 0.2) is 0 Å². The van der Waals surface area contributed by atoms with E-state index in [1.807, 2.05) is 0 Å². The molecule has 2 aliphatic heterocycles. The molecule has 0 fully saturated rings. The summed E-state index contributed by atoms with van der Waals surface area (Å²) in [7, 11) is 0. The predicted octanol–water partition coefficient (Wildman–Crippen LogP) is 23.9. The van der Waals surface area contributed by atoms with E-state index in [4.69, 9.17) is 4.98 Å². The molecule has 0 bridgehead atoms. The van der Waals surface area contributed by atoms with E-state index in [1.54, 1.807) is 0 Å². The number of rotatable bonds is 4. The molecule has 0 aliphatic carbocycles. The quantitative estimate of drug-likeness (QED) is 0.130. The molecule has 101 heavy (non-hydrogen) atoms. The Kier molecular flexibility index (Phi) is 13.2. The Hall–Kier alpha value is -10.2. The lowest BCUT2D eigenvalue weighted by Crippen LogP contribution is -2.60. The minimum Gasteiger partial charge on any atom is -0.311 e. The number of fused-ring (bicyclic) bond motifs is 20. The molecule has 12 aromatic carbocycles. The minimum atomic E-state index is -0.116. The number of nitrogens with zero attached hydrogens (tertiary/aromatic N) is 5. The van der Waals surface area contributed by atoms with Crippen LogP contribution in [0.2, 0.25) is 0 Å². The van der Waals surface area contributed by atoms with Gasteiger partial charge in [-0.3, -0.25) is 4.98 Å². The van der Waals surface area contributed by atoms with Gasteiger partial charge in [-0.05, 0) is 200 Å². The minimum absolute atomic E-state index is 0.0461. The van der Waals surface area contributed by atoms with Gasteiger partial charge in [-0.2, -0.15) is 0 Å².